The Morgan fingerprint density at radius 1 is 1.39 bits per heavy atom. The molecular weight excluding hydrogens is 292 g/mol. The molecule has 1 N–H and O–H groups in total. The van der Waals surface area contributed by atoms with Crippen molar-refractivity contribution in [3.8, 4) is 0 Å². The fourth-order valence-electron chi connectivity index (χ4n) is 3.09. The van der Waals surface area contributed by atoms with Crippen LogP contribution in [0.2, 0.25) is 0 Å². The van der Waals surface area contributed by atoms with Crippen molar-refractivity contribution in [2.24, 2.45) is 5.92 Å². The van der Waals surface area contributed by atoms with Crippen LogP contribution in [-0.4, -0.2) is 32.6 Å². The predicted octanol–water partition coefficient (Wildman–Crippen LogP) is 1.66. The first kappa shape index (κ1) is 15.5. The zero-order valence-corrected chi connectivity index (χ0v) is 13.7. The third-order valence-electron chi connectivity index (χ3n) is 4.79. The summed E-state index contributed by atoms with van der Waals surface area (Å²) in [6, 6.07) is 8.24. The van der Waals surface area contributed by atoms with E-state index in [-0.39, 0.29) is 23.6 Å². The number of amides is 1. The summed E-state index contributed by atoms with van der Waals surface area (Å²) in [6.07, 6.45) is 1.38. The average molecular weight is 314 g/mol. The van der Waals surface area contributed by atoms with E-state index in [1.54, 1.807) is 9.47 Å². The number of rotatable bonds is 3. The van der Waals surface area contributed by atoms with Crippen LogP contribution in [0.25, 0.3) is 0 Å². The molecule has 2 aromatic rings. The van der Waals surface area contributed by atoms with E-state index in [0.717, 1.165) is 17.8 Å². The minimum absolute atomic E-state index is 0.00516. The van der Waals surface area contributed by atoms with Crippen LogP contribution in [0.4, 0.5) is 0 Å². The highest BCUT2D eigenvalue weighted by molar-refractivity contribution is 5.79. The van der Waals surface area contributed by atoms with Gasteiger partial charge in [0.05, 0.1) is 12.0 Å². The van der Waals surface area contributed by atoms with E-state index in [4.69, 9.17) is 0 Å². The van der Waals surface area contributed by atoms with E-state index in [2.05, 4.69) is 34.5 Å². The summed E-state index contributed by atoms with van der Waals surface area (Å²) in [5, 5.41) is 6.44. The maximum atomic E-state index is 12.8. The van der Waals surface area contributed by atoms with Gasteiger partial charge in [-0.3, -0.25) is 9.36 Å². The van der Waals surface area contributed by atoms with Gasteiger partial charge in [-0.05, 0) is 25.8 Å². The molecule has 6 heteroatoms. The summed E-state index contributed by atoms with van der Waals surface area (Å²) in [4.78, 5) is 26.3. The number of H-pyrrole nitrogens is 1. The quantitative estimate of drug-likeness (QED) is 0.936. The van der Waals surface area contributed by atoms with Gasteiger partial charge in [-0.25, -0.2) is 9.89 Å². The molecule has 0 saturated heterocycles. The molecule has 2 heterocycles. The Morgan fingerprint density at radius 3 is 2.78 bits per heavy atom. The Morgan fingerprint density at radius 2 is 2.09 bits per heavy atom. The highest BCUT2D eigenvalue weighted by Gasteiger charge is 2.30. The van der Waals surface area contributed by atoms with Crippen molar-refractivity contribution in [2.45, 2.75) is 39.3 Å². The van der Waals surface area contributed by atoms with E-state index in [0.29, 0.717) is 13.0 Å². The summed E-state index contributed by atoms with van der Waals surface area (Å²) in [5.41, 5.74) is 2.09. The molecule has 0 bridgehead atoms. The van der Waals surface area contributed by atoms with E-state index < -0.39 is 0 Å². The third kappa shape index (κ3) is 2.93. The third-order valence-corrected chi connectivity index (χ3v) is 4.79. The van der Waals surface area contributed by atoms with Crippen LogP contribution in [0.5, 0.6) is 0 Å². The number of aromatic amines is 1. The molecule has 0 radical (unpaired) electrons. The van der Waals surface area contributed by atoms with Crippen LogP contribution in [0.1, 0.15) is 36.3 Å². The Balaban J connectivity index is 1.74. The van der Waals surface area contributed by atoms with Gasteiger partial charge in [0.15, 0.2) is 0 Å². The number of fused-ring (bicyclic) bond motifs is 1. The summed E-state index contributed by atoms with van der Waals surface area (Å²) >= 11 is 0. The molecule has 1 aliphatic heterocycles. The van der Waals surface area contributed by atoms with Crippen LogP contribution >= 0.6 is 0 Å². The van der Waals surface area contributed by atoms with Crippen molar-refractivity contribution in [2.75, 3.05) is 7.05 Å². The summed E-state index contributed by atoms with van der Waals surface area (Å²) in [6.45, 7) is 4.49. The zero-order chi connectivity index (χ0) is 16.6. The second-order valence-electron chi connectivity index (χ2n) is 6.33. The summed E-state index contributed by atoms with van der Waals surface area (Å²) in [7, 11) is 1.83. The van der Waals surface area contributed by atoms with Crippen LogP contribution in [0.3, 0.4) is 0 Å². The van der Waals surface area contributed by atoms with Gasteiger partial charge in [-0.1, -0.05) is 29.8 Å². The van der Waals surface area contributed by atoms with Gasteiger partial charge in [0.2, 0.25) is 5.91 Å². The lowest BCUT2D eigenvalue weighted by molar-refractivity contribution is -0.137. The number of carbonyl (C=O) groups excluding carboxylic acids is 1. The molecule has 122 valence electrons. The average Bonchev–Trinajstić information content (AvgIpc) is 2.94. The maximum Gasteiger partial charge on any atom is 0.343 e. The summed E-state index contributed by atoms with van der Waals surface area (Å²) < 4.78 is 1.58. The van der Waals surface area contributed by atoms with Gasteiger partial charge >= 0.3 is 5.69 Å². The molecule has 2 atom stereocenters. The van der Waals surface area contributed by atoms with Crippen LogP contribution in [0, 0.1) is 12.8 Å². The van der Waals surface area contributed by atoms with Crippen molar-refractivity contribution in [1.29, 1.82) is 0 Å². The molecule has 0 aliphatic carbocycles. The second kappa shape index (κ2) is 6.02. The molecule has 1 amide bonds. The van der Waals surface area contributed by atoms with Crippen LogP contribution in [0.15, 0.2) is 29.1 Å². The van der Waals surface area contributed by atoms with Crippen molar-refractivity contribution >= 4 is 5.91 Å². The number of nitrogens with zero attached hydrogens (tertiary/aromatic N) is 3. The van der Waals surface area contributed by atoms with Crippen LogP contribution < -0.4 is 5.69 Å². The molecular formula is C17H22N4O2. The second-order valence-corrected chi connectivity index (χ2v) is 6.33. The first-order valence-electron chi connectivity index (χ1n) is 7.94. The van der Waals surface area contributed by atoms with Crippen LogP contribution in [-0.2, 0) is 17.8 Å². The minimum Gasteiger partial charge on any atom is -0.339 e. The van der Waals surface area contributed by atoms with E-state index in [9.17, 15) is 9.59 Å². The molecule has 23 heavy (non-hydrogen) atoms. The van der Waals surface area contributed by atoms with Crippen molar-refractivity contribution in [3.63, 3.8) is 0 Å². The summed E-state index contributed by atoms with van der Waals surface area (Å²) in [5.74, 6) is 0.654. The minimum atomic E-state index is -0.230. The lowest BCUT2D eigenvalue weighted by Gasteiger charge is -2.31. The number of aromatic nitrogens is 3. The largest absolute Gasteiger partial charge is 0.343 e. The highest BCUT2D eigenvalue weighted by atomic mass is 16.2. The van der Waals surface area contributed by atoms with Gasteiger partial charge in [-0.2, -0.15) is 5.10 Å². The molecule has 0 spiro atoms. The molecule has 1 aromatic heterocycles. The van der Waals surface area contributed by atoms with Gasteiger partial charge in [0.1, 0.15) is 5.82 Å². The van der Waals surface area contributed by atoms with E-state index in [1.165, 1.54) is 5.56 Å². The van der Waals surface area contributed by atoms with Gasteiger partial charge in [0.25, 0.3) is 0 Å². The number of hydrogen-bond acceptors (Lipinski definition) is 3. The zero-order valence-electron chi connectivity index (χ0n) is 13.7. The van der Waals surface area contributed by atoms with Crippen molar-refractivity contribution < 1.29 is 4.79 Å². The normalized spacial score (nSPS) is 18.3. The fraction of sp³-hybridized carbons (Fsp3) is 0.471. The number of nitrogens with one attached hydrogen (secondary N) is 1. The van der Waals surface area contributed by atoms with E-state index in [1.807, 2.05) is 20.9 Å². The first-order chi connectivity index (χ1) is 11.0. The Labute approximate surface area is 135 Å². The maximum absolute atomic E-state index is 12.8. The Kier molecular flexibility index (Phi) is 4.07. The van der Waals surface area contributed by atoms with Crippen molar-refractivity contribution in [3.05, 3.63) is 51.7 Å². The van der Waals surface area contributed by atoms with Gasteiger partial charge in [-0.15, -0.1) is 0 Å². The molecule has 1 aromatic carbocycles. The molecule has 1 aliphatic rings. The van der Waals surface area contributed by atoms with Gasteiger partial charge < -0.3 is 4.90 Å². The first-order valence-corrected chi connectivity index (χ1v) is 7.94. The molecule has 2 unspecified atom stereocenters. The number of carbonyl (C=O) groups is 1. The smallest absolute Gasteiger partial charge is 0.339 e. The molecule has 3 rings (SSSR count). The predicted molar refractivity (Wildman–Crippen MR) is 87.0 cm³/mol. The number of benzene rings is 1. The fourth-order valence-corrected chi connectivity index (χ4v) is 3.09. The Bertz CT molecular complexity index is 760. The standard InChI is InChI=1S/C17H22N4O2/c1-11-4-6-13(7-5-11)12(2)20(3)16(22)14-8-9-15-18-19-17(23)21(15)10-14/h4-7,12,14H,8-10H2,1-3H3,(H,19,23). The van der Waals surface area contributed by atoms with Crippen molar-refractivity contribution in [1.82, 2.24) is 19.7 Å². The number of aryl methyl sites for hydroxylation is 2. The molecule has 0 fully saturated rings. The highest BCUT2D eigenvalue weighted by Crippen LogP contribution is 2.24. The van der Waals surface area contributed by atoms with Gasteiger partial charge in [0, 0.05) is 20.0 Å². The SMILES string of the molecule is Cc1ccc(C(C)N(C)C(=O)C2CCc3n[nH]c(=O)n3C2)cc1. The monoisotopic (exact) mass is 314 g/mol. The molecule has 6 nitrogen and oxygen atoms in total. The molecule has 0 saturated carbocycles. The Hall–Kier alpha value is -2.37. The number of hydrogen-bond donors (Lipinski definition) is 1. The van der Waals surface area contributed by atoms with E-state index >= 15 is 0 Å². The lowest BCUT2D eigenvalue weighted by atomic mass is 9.96. The topological polar surface area (TPSA) is 71.0 Å². The lowest BCUT2D eigenvalue weighted by Crippen LogP contribution is -2.40.